The number of aliphatic hydroxyl groups is 1. The van der Waals surface area contributed by atoms with Crippen molar-refractivity contribution in [3.63, 3.8) is 0 Å². The molecule has 4 heterocycles. The molecule has 0 spiro atoms. The number of rotatable bonds is 4. The highest BCUT2D eigenvalue weighted by Crippen LogP contribution is 2.42. The maximum Gasteiger partial charge on any atom is 0.119 e. The Balaban J connectivity index is 0.00000121. The lowest BCUT2D eigenvalue weighted by Crippen LogP contribution is -2.55. The quantitative estimate of drug-likeness (QED) is 0.836. The first-order valence-corrected chi connectivity index (χ1v) is 9.06. The van der Waals surface area contributed by atoms with E-state index >= 15 is 0 Å². The van der Waals surface area contributed by atoms with Crippen molar-refractivity contribution in [3.8, 4) is 5.75 Å². The largest absolute Gasteiger partial charge is 0.497 e. The lowest BCUT2D eigenvalue weighted by molar-refractivity contribution is -0.0562. The van der Waals surface area contributed by atoms with Crippen molar-refractivity contribution in [2.45, 2.75) is 38.3 Å². The number of methoxy groups -OCH3 is 1. The summed E-state index contributed by atoms with van der Waals surface area (Å²) >= 11 is 0. The standard InChI is InChI=1S/C20H26N2O2.2ClH/c1-3-13-12-22-9-7-14(13)10-19(22)20(23)16-6-8-21-18-5-4-15(24-2)11-17(16)18;;/h4-6,8,11,13-14,19-20,23H,3,7,9-10,12H2,1-2H3;2*1H/t13-,14?,19-,20?;;/m1../s1. The average molecular weight is 399 g/mol. The first kappa shape index (κ1) is 21.2. The number of aliphatic hydroxyl groups excluding tert-OH is 1. The van der Waals surface area contributed by atoms with Gasteiger partial charge in [-0.15, -0.1) is 24.8 Å². The number of pyridine rings is 1. The molecule has 0 aliphatic carbocycles. The summed E-state index contributed by atoms with van der Waals surface area (Å²) in [5.41, 5.74) is 1.89. The summed E-state index contributed by atoms with van der Waals surface area (Å²) in [6.45, 7) is 4.55. The second-order valence-electron chi connectivity index (χ2n) is 7.24. The lowest BCUT2D eigenvalue weighted by atomic mass is 9.72. The van der Waals surface area contributed by atoms with Crippen molar-refractivity contribution in [2.75, 3.05) is 20.2 Å². The van der Waals surface area contributed by atoms with Gasteiger partial charge in [-0.25, -0.2) is 0 Å². The summed E-state index contributed by atoms with van der Waals surface area (Å²) in [7, 11) is 1.67. The van der Waals surface area contributed by atoms with Gasteiger partial charge in [0.2, 0.25) is 0 Å². The summed E-state index contributed by atoms with van der Waals surface area (Å²) in [6.07, 6.45) is 4.97. The first-order chi connectivity index (χ1) is 11.7. The van der Waals surface area contributed by atoms with Crippen LogP contribution in [0, 0.1) is 11.8 Å². The molecule has 0 saturated carbocycles. The molecule has 144 valence electrons. The van der Waals surface area contributed by atoms with Crippen molar-refractivity contribution in [2.24, 2.45) is 11.8 Å². The van der Waals surface area contributed by atoms with Crippen LogP contribution < -0.4 is 4.74 Å². The highest BCUT2D eigenvalue weighted by atomic mass is 35.5. The van der Waals surface area contributed by atoms with Crippen molar-refractivity contribution >= 4 is 35.7 Å². The fourth-order valence-electron chi connectivity index (χ4n) is 4.71. The number of hydrogen-bond donors (Lipinski definition) is 1. The van der Waals surface area contributed by atoms with Gasteiger partial charge in [-0.3, -0.25) is 9.88 Å². The molecular weight excluding hydrogens is 371 g/mol. The predicted molar refractivity (Wildman–Crippen MR) is 110 cm³/mol. The Bertz CT molecular complexity index is 743. The SMILES string of the molecule is CC[C@@H]1CN2CCC1C[C@@H]2C(O)c1ccnc2ccc(OC)cc12.Cl.Cl. The molecule has 4 nitrogen and oxygen atoms in total. The zero-order valence-electron chi connectivity index (χ0n) is 15.3. The first-order valence-electron chi connectivity index (χ1n) is 9.06. The molecule has 2 aromatic rings. The van der Waals surface area contributed by atoms with Gasteiger partial charge in [-0.2, -0.15) is 0 Å². The minimum absolute atomic E-state index is 0. The third-order valence-electron chi connectivity index (χ3n) is 6.13. The Kier molecular flexibility index (Phi) is 7.14. The van der Waals surface area contributed by atoms with Crippen LogP contribution in [0.15, 0.2) is 30.5 Å². The molecule has 3 saturated heterocycles. The van der Waals surface area contributed by atoms with E-state index in [4.69, 9.17) is 4.74 Å². The van der Waals surface area contributed by atoms with Gasteiger partial charge in [0, 0.05) is 24.2 Å². The second kappa shape index (κ2) is 8.75. The summed E-state index contributed by atoms with van der Waals surface area (Å²) in [5, 5.41) is 12.2. The molecule has 26 heavy (non-hydrogen) atoms. The van der Waals surface area contributed by atoms with Crippen molar-refractivity contribution in [1.29, 1.82) is 0 Å². The molecule has 0 amide bonds. The molecule has 1 aromatic heterocycles. The minimum atomic E-state index is -0.469. The third-order valence-corrected chi connectivity index (χ3v) is 6.13. The number of benzene rings is 1. The summed E-state index contributed by atoms with van der Waals surface area (Å²) in [5.74, 6) is 2.37. The van der Waals surface area contributed by atoms with E-state index in [1.807, 2.05) is 24.3 Å². The van der Waals surface area contributed by atoms with Crippen LogP contribution in [-0.4, -0.2) is 41.2 Å². The summed E-state index contributed by atoms with van der Waals surface area (Å²) in [6, 6.07) is 8.07. The van der Waals surface area contributed by atoms with E-state index in [0.717, 1.165) is 53.6 Å². The van der Waals surface area contributed by atoms with E-state index in [1.54, 1.807) is 13.3 Å². The smallest absolute Gasteiger partial charge is 0.119 e. The molecule has 6 heteroatoms. The number of hydrogen-bond acceptors (Lipinski definition) is 4. The molecule has 3 aliphatic heterocycles. The number of piperidine rings is 3. The number of ether oxygens (including phenoxy) is 1. The van der Waals surface area contributed by atoms with Crippen molar-refractivity contribution in [1.82, 2.24) is 9.88 Å². The van der Waals surface area contributed by atoms with Gasteiger partial charge < -0.3 is 9.84 Å². The van der Waals surface area contributed by atoms with Crippen LogP contribution in [0.4, 0.5) is 0 Å². The van der Waals surface area contributed by atoms with E-state index in [-0.39, 0.29) is 30.9 Å². The molecule has 1 aromatic carbocycles. The average Bonchev–Trinajstić information content (AvgIpc) is 2.66. The van der Waals surface area contributed by atoms with Gasteiger partial charge in [0.25, 0.3) is 0 Å². The minimum Gasteiger partial charge on any atom is -0.497 e. The number of aromatic nitrogens is 1. The normalized spacial score (nSPS) is 28.1. The van der Waals surface area contributed by atoms with E-state index in [9.17, 15) is 5.11 Å². The van der Waals surface area contributed by atoms with Crippen molar-refractivity contribution in [3.05, 3.63) is 36.0 Å². The lowest BCUT2D eigenvalue weighted by Gasteiger charge is -2.51. The Morgan fingerprint density at radius 1 is 1.31 bits per heavy atom. The number of nitrogens with zero attached hydrogens (tertiary/aromatic N) is 2. The van der Waals surface area contributed by atoms with Crippen LogP contribution in [-0.2, 0) is 0 Å². The zero-order chi connectivity index (χ0) is 16.7. The molecule has 1 N–H and O–H groups in total. The van der Waals surface area contributed by atoms with Crippen LogP contribution >= 0.6 is 24.8 Å². The van der Waals surface area contributed by atoms with Crippen LogP contribution in [0.3, 0.4) is 0 Å². The van der Waals surface area contributed by atoms with E-state index in [2.05, 4.69) is 16.8 Å². The van der Waals surface area contributed by atoms with Gasteiger partial charge in [0.05, 0.1) is 18.7 Å². The molecule has 5 rings (SSSR count). The van der Waals surface area contributed by atoms with E-state index < -0.39 is 6.10 Å². The van der Waals surface area contributed by atoms with Crippen LogP contribution in [0.25, 0.3) is 10.9 Å². The highest BCUT2D eigenvalue weighted by molar-refractivity contribution is 5.85. The van der Waals surface area contributed by atoms with E-state index in [0.29, 0.717) is 0 Å². The van der Waals surface area contributed by atoms with Crippen LogP contribution in [0.1, 0.15) is 37.9 Å². The third kappa shape index (κ3) is 3.65. The number of fused-ring (bicyclic) bond motifs is 4. The molecule has 5 atom stereocenters. The van der Waals surface area contributed by atoms with Gasteiger partial charge >= 0.3 is 0 Å². The Hall–Kier alpha value is -1.07. The van der Waals surface area contributed by atoms with Gasteiger partial charge in [-0.1, -0.05) is 13.3 Å². The summed E-state index contributed by atoms with van der Waals surface area (Å²) in [4.78, 5) is 6.94. The van der Waals surface area contributed by atoms with Crippen LogP contribution in [0.2, 0.25) is 0 Å². The molecular formula is C20H28Cl2N2O2. The maximum absolute atomic E-state index is 11.2. The summed E-state index contributed by atoms with van der Waals surface area (Å²) < 4.78 is 5.36. The molecule has 0 radical (unpaired) electrons. The molecule has 3 fully saturated rings. The van der Waals surface area contributed by atoms with Crippen molar-refractivity contribution < 1.29 is 9.84 Å². The highest BCUT2D eigenvalue weighted by Gasteiger charge is 2.42. The maximum atomic E-state index is 11.2. The Morgan fingerprint density at radius 3 is 2.77 bits per heavy atom. The molecule has 3 unspecified atom stereocenters. The fraction of sp³-hybridized carbons (Fsp3) is 0.550. The van der Waals surface area contributed by atoms with Gasteiger partial charge in [-0.05, 0) is 61.1 Å². The Morgan fingerprint density at radius 2 is 2.12 bits per heavy atom. The van der Waals surface area contributed by atoms with E-state index in [1.165, 1.54) is 12.8 Å². The number of halogens is 2. The monoisotopic (exact) mass is 398 g/mol. The molecule has 2 bridgehead atoms. The Labute approximate surface area is 167 Å². The van der Waals surface area contributed by atoms with Gasteiger partial charge in [0.1, 0.15) is 5.75 Å². The van der Waals surface area contributed by atoms with Crippen LogP contribution in [0.5, 0.6) is 5.75 Å². The predicted octanol–water partition coefficient (Wildman–Crippen LogP) is 4.24. The molecule has 3 aliphatic rings. The second-order valence-corrected chi connectivity index (χ2v) is 7.24. The fourth-order valence-corrected chi connectivity index (χ4v) is 4.71. The zero-order valence-corrected chi connectivity index (χ0v) is 16.9. The topological polar surface area (TPSA) is 45.6 Å². The van der Waals surface area contributed by atoms with Gasteiger partial charge in [0.15, 0.2) is 0 Å².